The molecule has 0 atom stereocenters. The van der Waals surface area contributed by atoms with Gasteiger partial charge >= 0.3 is 0 Å². The Hall–Kier alpha value is -2.41. The van der Waals surface area contributed by atoms with Crippen LogP contribution in [0.15, 0.2) is 30.9 Å². The predicted molar refractivity (Wildman–Crippen MR) is 74.8 cm³/mol. The molecule has 0 aliphatic carbocycles. The van der Waals surface area contributed by atoms with E-state index in [4.69, 9.17) is 11.6 Å². The van der Waals surface area contributed by atoms with Gasteiger partial charge < -0.3 is 10.3 Å². The zero-order valence-corrected chi connectivity index (χ0v) is 11.5. The Morgan fingerprint density at radius 1 is 1.40 bits per heavy atom. The Bertz CT molecular complexity index is 704. The lowest BCUT2D eigenvalue weighted by molar-refractivity contribution is 0.789. The number of benzene rings is 1. The Morgan fingerprint density at radius 3 is 3.00 bits per heavy atom. The molecule has 0 saturated heterocycles. The van der Waals surface area contributed by atoms with Crippen LogP contribution in [0.1, 0.15) is 11.4 Å². The van der Waals surface area contributed by atoms with Crippen molar-refractivity contribution in [3.05, 3.63) is 47.3 Å². The van der Waals surface area contributed by atoms with Crippen LogP contribution in [0.3, 0.4) is 0 Å². The minimum Gasteiger partial charge on any atom is -0.378 e. The van der Waals surface area contributed by atoms with Crippen LogP contribution in [0, 0.1) is 6.92 Å². The van der Waals surface area contributed by atoms with E-state index in [0.29, 0.717) is 11.6 Å². The van der Waals surface area contributed by atoms with E-state index in [-0.39, 0.29) is 0 Å². The second-order valence-electron chi connectivity index (χ2n) is 4.25. The number of hydrogen-bond acceptors (Lipinski definition) is 5. The maximum atomic E-state index is 6.19. The van der Waals surface area contributed by atoms with Gasteiger partial charge in [0.05, 0.1) is 35.0 Å². The molecular weight excluding hydrogens is 278 g/mol. The van der Waals surface area contributed by atoms with Gasteiger partial charge in [0.15, 0.2) is 0 Å². The maximum absolute atomic E-state index is 6.19. The molecule has 0 aliphatic rings. The van der Waals surface area contributed by atoms with Crippen molar-refractivity contribution in [3.8, 4) is 5.69 Å². The lowest BCUT2D eigenvalue weighted by atomic mass is 10.2. The molecule has 0 fully saturated rings. The highest BCUT2D eigenvalue weighted by Crippen LogP contribution is 2.25. The summed E-state index contributed by atoms with van der Waals surface area (Å²) in [5.74, 6) is 0. The largest absolute Gasteiger partial charge is 0.378 e. The number of imidazole rings is 1. The van der Waals surface area contributed by atoms with E-state index in [1.807, 2.05) is 19.1 Å². The number of tetrazole rings is 1. The number of nitrogens with one attached hydrogen (secondary N) is 2. The Morgan fingerprint density at radius 2 is 2.30 bits per heavy atom. The number of aromatic nitrogens is 6. The van der Waals surface area contributed by atoms with E-state index < -0.39 is 0 Å². The molecule has 1 aromatic carbocycles. The summed E-state index contributed by atoms with van der Waals surface area (Å²) in [4.78, 5) is 7.27. The van der Waals surface area contributed by atoms with Gasteiger partial charge in [-0.3, -0.25) is 0 Å². The minimum absolute atomic E-state index is 0.591. The molecule has 0 radical (unpaired) electrons. The van der Waals surface area contributed by atoms with Crippen molar-refractivity contribution in [1.82, 2.24) is 30.2 Å². The Labute approximate surface area is 120 Å². The molecule has 2 N–H and O–H groups in total. The third-order valence-electron chi connectivity index (χ3n) is 2.94. The fourth-order valence-electron chi connectivity index (χ4n) is 1.82. The molecule has 0 aliphatic heterocycles. The first kappa shape index (κ1) is 12.6. The predicted octanol–water partition coefficient (Wildman–Crippen LogP) is 1.96. The van der Waals surface area contributed by atoms with E-state index >= 15 is 0 Å². The number of rotatable bonds is 4. The van der Waals surface area contributed by atoms with Gasteiger partial charge in [-0.15, -0.1) is 5.10 Å². The molecule has 0 unspecified atom stereocenters. The number of anilines is 1. The topological polar surface area (TPSA) is 84.3 Å². The third-order valence-corrected chi connectivity index (χ3v) is 3.27. The summed E-state index contributed by atoms with van der Waals surface area (Å²) in [6, 6.07) is 5.54. The van der Waals surface area contributed by atoms with Gasteiger partial charge in [0.25, 0.3) is 0 Å². The van der Waals surface area contributed by atoms with Crippen LogP contribution in [0.25, 0.3) is 5.69 Å². The first-order chi connectivity index (χ1) is 9.74. The smallest absolute Gasteiger partial charge is 0.143 e. The highest BCUT2D eigenvalue weighted by atomic mass is 35.5. The van der Waals surface area contributed by atoms with Crippen LogP contribution < -0.4 is 5.32 Å². The fraction of sp³-hybridized carbons (Fsp3) is 0.167. The van der Waals surface area contributed by atoms with Crippen molar-refractivity contribution < 1.29 is 0 Å². The van der Waals surface area contributed by atoms with Gasteiger partial charge in [-0.05, 0) is 35.5 Å². The van der Waals surface area contributed by atoms with Crippen molar-refractivity contribution in [1.29, 1.82) is 0 Å². The minimum atomic E-state index is 0.591. The summed E-state index contributed by atoms with van der Waals surface area (Å²) < 4.78 is 1.57. The second-order valence-corrected chi connectivity index (χ2v) is 4.65. The van der Waals surface area contributed by atoms with E-state index in [2.05, 4.69) is 30.8 Å². The van der Waals surface area contributed by atoms with E-state index in [0.717, 1.165) is 22.8 Å². The first-order valence-electron chi connectivity index (χ1n) is 5.99. The average molecular weight is 290 g/mol. The summed E-state index contributed by atoms with van der Waals surface area (Å²) in [6.45, 7) is 2.57. The molecule has 0 saturated carbocycles. The van der Waals surface area contributed by atoms with Gasteiger partial charge in [-0.2, -0.15) is 0 Å². The molecule has 20 heavy (non-hydrogen) atoms. The summed E-state index contributed by atoms with van der Waals surface area (Å²) >= 11 is 6.19. The average Bonchev–Trinajstić information content (AvgIpc) is 3.10. The molecule has 7 nitrogen and oxygen atoms in total. The molecule has 0 spiro atoms. The number of halogens is 1. The Kier molecular flexibility index (Phi) is 3.34. The number of H-pyrrole nitrogens is 1. The fourth-order valence-corrected chi connectivity index (χ4v) is 2.00. The van der Waals surface area contributed by atoms with Crippen LogP contribution in [-0.2, 0) is 6.54 Å². The number of hydrogen-bond donors (Lipinski definition) is 2. The van der Waals surface area contributed by atoms with Gasteiger partial charge in [0, 0.05) is 5.69 Å². The molecular formula is C12H12ClN7. The zero-order chi connectivity index (χ0) is 13.9. The normalized spacial score (nSPS) is 10.7. The number of nitrogens with zero attached hydrogens (tertiary/aromatic N) is 5. The van der Waals surface area contributed by atoms with Gasteiger partial charge in [-0.1, -0.05) is 11.6 Å². The van der Waals surface area contributed by atoms with Crippen molar-refractivity contribution in [3.63, 3.8) is 0 Å². The molecule has 0 bridgehead atoms. The highest BCUT2D eigenvalue weighted by Gasteiger charge is 2.06. The molecule has 3 rings (SSSR count). The Balaban J connectivity index is 1.82. The van der Waals surface area contributed by atoms with Crippen LogP contribution in [0.4, 0.5) is 5.69 Å². The van der Waals surface area contributed by atoms with Crippen molar-refractivity contribution in [2.45, 2.75) is 13.5 Å². The maximum Gasteiger partial charge on any atom is 0.143 e. The third kappa shape index (κ3) is 2.48. The van der Waals surface area contributed by atoms with Crippen molar-refractivity contribution >= 4 is 17.3 Å². The van der Waals surface area contributed by atoms with Crippen LogP contribution in [0.5, 0.6) is 0 Å². The van der Waals surface area contributed by atoms with E-state index in [1.165, 1.54) is 6.33 Å². The quantitative estimate of drug-likeness (QED) is 0.767. The van der Waals surface area contributed by atoms with Crippen LogP contribution >= 0.6 is 11.6 Å². The SMILES string of the molecule is Cc1[nH]cnc1CNc1cc(-n2cnnn2)ccc1Cl. The summed E-state index contributed by atoms with van der Waals surface area (Å²) in [7, 11) is 0. The molecule has 0 amide bonds. The lowest BCUT2D eigenvalue weighted by Crippen LogP contribution is -2.03. The van der Waals surface area contributed by atoms with Crippen molar-refractivity contribution in [2.24, 2.45) is 0 Å². The van der Waals surface area contributed by atoms with Gasteiger partial charge in [-0.25, -0.2) is 9.67 Å². The molecule has 2 heterocycles. The number of aromatic amines is 1. The molecule has 8 heteroatoms. The van der Waals surface area contributed by atoms with Crippen LogP contribution in [-0.4, -0.2) is 30.2 Å². The lowest BCUT2D eigenvalue weighted by Gasteiger charge is -2.09. The second kappa shape index (κ2) is 5.30. The van der Waals surface area contributed by atoms with Crippen LogP contribution in [0.2, 0.25) is 5.02 Å². The van der Waals surface area contributed by atoms with Crippen molar-refractivity contribution in [2.75, 3.05) is 5.32 Å². The van der Waals surface area contributed by atoms with E-state index in [1.54, 1.807) is 17.1 Å². The highest BCUT2D eigenvalue weighted by molar-refractivity contribution is 6.33. The molecule has 3 aromatic rings. The number of aryl methyl sites for hydroxylation is 1. The summed E-state index contributed by atoms with van der Waals surface area (Å²) in [5.41, 5.74) is 3.63. The standard InChI is InChI=1S/C12H12ClN7/c1-8-12(16-6-15-8)5-14-11-4-9(2-3-10(11)13)20-7-17-18-19-20/h2-4,6-7,14H,5H2,1H3,(H,15,16). The zero-order valence-electron chi connectivity index (χ0n) is 10.7. The monoisotopic (exact) mass is 289 g/mol. The summed E-state index contributed by atoms with van der Waals surface area (Å²) in [6.07, 6.45) is 3.20. The molecule has 2 aromatic heterocycles. The van der Waals surface area contributed by atoms with E-state index in [9.17, 15) is 0 Å². The van der Waals surface area contributed by atoms with Gasteiger partial charge in [0.2, 0.25) is 0 Å². The summed E-state index contributed by atoms with van der Waals surface area (Å²) in [5, 5.41) is 15.0. The molecule has 102 valence electrons. The van der Waals surface area contributed by atoms with Gasteiger partial charge in [0.1, 0.15) is 6.33 Å². The first-order valence-corrected chi connectivity index (χ1v) is 6.37.